The molecule has 5 aromatic rings. The van der Waals surface area contributed by atoms with Crippen LogP contribution in [0.25, 0.3) is 21.0 Å². The lowest BCUT2D eigenvalue weighted by molar-refractivity contribution is 0.472. The quantitative estimate of drug-likeness (QED) is 0.0641. The second kappa shape index (κ2) is 12.7. The SMILES string of the molecule is Cc1ccc2nc(N=Nc3ccc(N=Nc4c(S(=O)(=O)O)cc5cc(S(=O)(=O)O)c(N)cc5c4O)c4c3CC=C(S(=O)(=O)O)C4)sc2c1S(=O)(=O)O. The van der Waals surface area contributed by atoms with E-state index in [0.29, 0.717) is 5.56 Å². The van der Waals surface area contributed by atoms with Crippen LogP contribution in [0.3, 0.4) is 0 Å². The number of anilines is 1. The number of hydrogen-bond acceptors (Lipinski definition) is 16. The Morgan fingerprint density at radius 2 is 1.37 bits per heavy atom. The van der Waals surface area contributed by atoms with Crippen molar-refractivity contribution < 1.29 is 57.0 Å². The minimum atomic E-state index is -5.18. The van der Waals surface area contributed by atoms with Gasteiger partial charge in [0.25, 0.3) is 40.5 Å². The molecule has 1 aliphatic rings. The molecule has 0 saturated heterocycles. The van der Waals surface area contributed by atoms with Crippen molar-refractivity contribution in [3.05, 3.63) is 70.1 Å². The van der Waals surface area contributed by atoms with Gasteiger partial charge < -0.3 is 10.8 Å². The van der Waals surface area contributed by atoms with E-state index in [1.807, 2.05) is 0 Å². The molecular formula is C28H22N6O13S5. The van der Waals surface area contributed by atoms with E-state index in [-0.39, 0.29) is 59.9 Å². The first-order chi connectivity index (χ1) is 24.0. The Bertz CT molecular complexity index is 2940. The van der Waals surface area contributed by atoms with Crippen LogP contribution < -0.4 is 5.73 Å². The van der Waals surface area contributed by atoms with Crippen molar-refractivity contribution in [3.63, 3.8) is 0 Å². The summed E-state index contributed by atoms with van der Waals surface area (Å²) >= 11 is 0.831. The molecule has 0 unspecified atom stereocenters. The summed E-state index contributed by atoms with van der Waals surface area (Å²) in [6.07, 6.45) is 0.627. The van der Waals surface area contributed by atoms with Gasteiger partial charge in [-0.3, -0.25) is 18.2 Å². The molecule has 272 valence electrons. The number of rotatable bonds is 8. The fourth-order valence-electron chi connectivity index (χ4n) is 5.47. The standard InChI is InChI=1S/C28H22N6O13S5/c1-12-2-5-21-26(27(12)52(45,46)47)48-28(30-21)34-32-19-6-7-20(17-10-14(49(36,37)38)3-4-15(17)19)31-33-24-23(51(42,43)44)9-13-8-22(50(39,40)41)18(29)11-16(13)25(24)35/h2-3,5-9,11,35H,4,10,29H2,1H3,(H,36,37,38)(H,39,40,41)(H,42,43,44)(H,45,46,47). The second-order valence-electron chi connectivity index (χ2n) is 11.2. The maximum atomic E-state index is 12.3. The molecule has 0 amide bonds. The number of nitrogens with two attached hydrogens (primary N) is 1. The number of fused-ring (bicyclic) bond motifs is 3. The molecule has 0 saturated carbocycles. The number of aryl methyl sites for hydroxylation is 1. The highest BCUT2D eigenvalue weighted by atomic mass is 32.2. The van der Waals surface area contributed by atoms with E-state index < -0.39 is 78.7 Å². The average Bonchev–Trinajstić information content (AvgIpc) is 3.43. The number of thiazole rings is 1. The van der Waals surface area contributed by atoms with E-state index in [0.717, 1.165) is 29.5 Å². The van der Waals surface area contributed by atoms with Crippen LogP contribution >= 0.6 is 11.3 Å². The van der Waals surface area contributed by atoms with E-state index in [1.165, 1.54) is 37.3 Å². The Labute approximate surface area is 297 Å². The van der Waals surface area contributed by atoms with Gasteiger partial charge in [0, 0.05) is 11.8 Å². The molecule has 4 aromatic carbocycles. The topological polar surface area (TPSA) is 326 Å². The lowest BCUT2D eigenvalue weighted by Gasteiger charge is -2.18. The van der Waals surface area contributed by atoms with Crippen molar-refractivity contribution in [2.75, 3.05) is 5.73 Å². The monoisotopic (exact) mass is 810 g/mol. The van der Waals surface area contributed by atoms with Crippen LogP contribution in [0.4, 0.5) is 27.9 Å². The number of phenols is 1. The largest absolute Gasteiger partial charge is 0.505 e. The van der Waals surface area contributed by atoms with Crippen LogP contribution in [-0.4, -0.2) is 62.0 Å². The van der Waals surface area contributed by atoms with Crippen molar-refractivity contribution in [1.82, 2.24) is 4.98 Å². The van der Waals surface area contributed by atoms with Crippen molar-refractivity contribution in [2.45, 2.75) is 34.5 Å². The Hall–Kier alpha value is -4.79. The lowest BCUT2D eigenvalue weighted by atomic mass is 9.93. The summed E-state index contributed by atoms with van der Waals surface area (Å²) in [7, 11) is -19.4. The molecule has 6 rings (SSSR count). The molecule has 0 spiro atoms. The third-order valence-electron chi connectivity index (χ3n) is 7.79. The third-order valence-corrected chi connectivity index (χ3v) is 12.7. The summed E-state index contributed by atoms with van der Waals surface area (Å²) in [5.74, 6) is -0.913. The summed E-state index contributed by atoms with van der Waals surface area (Å²) in [5, 5.41) is 26.7. The van der Waals surface area contributed by atoms with Gasteiger partial charge in [0.2, 0.25) is 5.13 Å². The van der Waals surface area contributed by atoms with Crippen LogP contribution in [0.1, 0.15) is 16.7 Å². The van der Waals surface area contributed by atoms with Gasteiger partial charge in [-0.15, -0.1) is 15.3 Å². The summed E-state index contributed by atoms with van der Waals surface area (Å²) in [4.78, 5) is 1.67. The number of allylic oxidation sites excluding steroid dienone is 2. The third kappa shape index (κ3) is 7.02. The minimum Gasteiger partial charge on any atom is -0.505 e. The van der Waals surface area contributed by atoms with Gasteiger partial charge in [-0.1, -0.05) is 23.5 Å². The molecule has 0 fully saturated rings. The van der Waals surface area contributed by atoms with E-state index in [9.17, 15) is 57.0 Å². The average molecular weight is 811 g/mol. The molecule has 0 bridgehead atoms. The van der Waals surface area contributed by atoms with Crippen molar-refractivity contribution in [2.24, 2.45) is 20.5 Å². The maximum absolute atomic E-state index is 12.3. The second-order valence-corrected chi connectivity index (χ2v) is 17.7. The van der Waals surface area contributed by atoms with Crippen LogP contribution in [0, 0.1) is 6.92 Å². The first-order valence-corrected chi connectivity index (χ1v) is 20.7. The molecule has 1 heterocycles. The predicted molar refractivity (Wildman–Crippen MR) is 186 cm³/mol. The number of aromatic nitrogens is 1. The lowest BCUT2D eigenvalue weighted by Crippen LogP contribution is -2.11. The maximum Gasteiger partial charge on any atom is 0.296 e. The van der Waals surface area contributed by atoms with Crippen LogP contribution in [0.15, 0.2) is 88.6 Å². The van der Waals surface area contributed by atoms with Crippen molar-refractivity contribution in [1.29, 1.82) is 0 Å². The molecule has 1 aliphatic carbocycles. The number of benzene rings is 4. The van der Waals surface area contributed by atoms with E-state index >= 15 is 0 Å². The van der Waals surface area contributed by atoms with Gasteiger partial charge in [-0.05, 0) is 71.8 Å². The molecule has 0 radical (unpaired) electrons. The first-order valence-electron chi connectivity index (χ1n) is 14.1. The Morgan fingerprint density at radius 1 is 0.750 bits per heavy atom. The summed E-state index contributed by atoms with van der Waals surface area (Å²) in [5.41, 5.74) is 5.40. The molecule has 52 heavy (non-hydrogen) atoms. The van der Waals surface area contributed by atoms with Gasteiger partial charge in [-0.2, -0.15) is 38.8 Å². The van der Waals surface area contributed by atoms with Gasteiger partial charge in [0.05, 0.1) is 32.2 Å². The normalized spacial score (nSPS) is 14.4. The van der Waals surface area contributed by atoms with E-state index in [2.05, 4.69) is 25.4 Å². The highest BCUT2D eigenvalue weighted by molar-refractivity contribution is 7.89. The Morgan fingerprint density at radius 3 is 1.98 bits per heavy atom. The number of aromatic hydroxyl groups is 1. The molecule has 0 aliphatic heterocycles. The zero-order valence-electron chi connectivity index (χ0n) is 25.9. The zero-order valence-corrected chi connectivity index (χ0v) is 30.0. The van der Waals surface area contributed by atoms with Gasteiger partial charge in [0.1, 0.15) is 20.4 Å². The summed E-state index contributed by atoms with van der Waals surface area (Å²) < 4.78 is 135. The molecule has 0 atom stereocenters. The molecular weight excluding hydrogens is 789 g/mol. The van der Waals surface area contributed by atoms with E-state index in [4.69, 9.17) is 5.73 Å². The van der Waals surface area contributed by atoms with Gasteiger partial charge in [0.15, 0.2) is 5.75 Å². The first kappa shape index (κ1) is 37.0. The molecule has 19 nitrogen and oxygen atoms in total. The Balaban J connectivity index is 1.48. The molecule has 1 aromatic heterocycles. The van der Waals surface area contributed by atoms with E-state index in [1.54, 1.807) is 0 Å². The Kier molecular flexibility index (Phi) is 9.04. The zero-order chi connectivity index (χ0) is 38.1. The summed E-state index contributed by atoms with van der Waals surface area (Å²) in [6, 6.07) is 8.10. The smallest absolute Gasteiger partial charge is 0.296 e. The number of phenolic OH excluding ortho intramolecular Hbond substituents is 1. The van der Waals surface area contributed by atoms with Crippen molar-refractivity contribution >= 4 is 101 Å². The number of nitrogens with zero attached hydrogens (tertiary/aromatic N) is 5. The minimum absolute atomic E-state index is 0.00172. The summed E-state index contributed by atoms with van der Waals surface area (Å²) in [6.45, 7) is 1.49. The van der Waals surface area contributed by atoms with Gasteiger partial charge in [-0.25, -0.2) is 4.98 Å². The fourth-order valence-corrected chi connectivity index (χ4v) is 9.51. The molecule has 7 N–H and O–H groups in total. The van der Waals surface area contributed by atoms with Crippen LogP contribution in [0.5, 0.6) is 5.75 Å². The van der Waals surface area contributed by atoms with Gasteiger partial charge >= 0.3 is 0 Å². The highest BCUT2D eigenvalue weighted by Gasteiger charge is 2.27. The molecule has 24 heteroatoms. The predicted octanol–water partition coefficient (Wildman–Crippen LogP) is 5.49. The van der Waals surface area contributed by atoms with Crippen molar-refractivity contribution in [3.8, 4) is 5.75 Å². The fraction of sp³-hybridized carbons (Fsp3) is 0.107. The number of hydrogen-bond donors (Lipinski definition) is 6. The number of nitrogen functional groups attached to an aromatic ring is 1. The van der Waals surface area contributed by atoms with Crippen LogP contribution in [0.2, 0.25) is 0 Å². The number of azo groups is 2. The highest BCUT2D eigenvalue weighted by Crippen LogP contribution is 2.45. The van der Waals surface area contributed by atoms with Crippen LogP contribution in [-0.2, 0) is 53.3 Å².